The number of carbonyl (C=O) groups excluding carboxylic acids is 2. The van der Waals surface area contributed by atoms with Crippen molar-refractivity contribution in [2.24, 2.45) is 5.92 Å². The molecule has 13 heteroatoms. The molecule has 5 N–H and O–H groups in total. The Morgan fingerprint density at radius 3 is 2.26 bits per heavy atom. The van der Waals surface area contributed by atoms with Crippen molar-refractivity contribution in [1.29, 1.82) is 0 Å². The molecule has 0 atom stereocenters. The lowest BCUT2D eigenvalue weighted by Crippen LogP contribution is -2.37. The van der Waals surface area contributed by atoms with Crippen molar-refractivity contribution in [2.75, 3.05) is 13.1 Å². The van der Waals surface area contributed by atoms with Crippen molar-refractivity contribution in [3.05, 3.63) is 56.9 Å². The molecule has 1 aromatic heterocycles. The first-order chi connectivity index (χ1) is 16.4. The number of aliphatic carboxylic acids is 1. The van der Waals surface area contributed by atoms with Crippen LogP contribution in [-0.4, -0.2) is 50.8 Å². The number of nitrogens with one attached hydrogen (secondary N) is 2. The number of aromatic hydroxyl groups is 2. The van der Waals surface area contributed by atoms with Crippen molar-refractivity contribution in [1.82, 2.24) is 15.2 Å². The standard InChI is InChI=1S/C22H22F3N3O7/c23-22(24,25)13-4-2-1-3-12(13)10-28-20(34)15(18(32)26-8-7-11-5-6-11)17(31)16(21(28)35)19(33)27-9-14(29)30/h1-4,11,31,34H,5-10H2,(H,26,32)(H,27,33)(H,29,30). The summed E-state index contributed by atoms with van der Waals surface area (Å²) in [4.78, 5) is 48.9. The number of alkyl halides is 3. The van der Waals surface area contributed by atoms with E-state index in [1.807, 2.05) is 5.32 Å². The minimum absolute atomic E-state index is 0.152. The third kappa shape index (κ3) is 5.91. The summed E-state index contributed by atoms with van der Waals surface area (Å²) >= 11 is 0. The summed E-state index contributed by atoms with van der Waals surface area (Å²) in [6, 6.07) is 4.18. The van der Waals surface area contributed by atoms with Crippen LogP contribution in [-0.2, 0) is 17.5 Å². The first kappa shape index (κ1) is 25.6. The summed E-state index contributed by atoms with van der Waals surface area (Å²) in [6.45, 7) is -1.69. The smallest absolute Gasteiger partial charge is 0.416 e. The van der Waals surface area contributed by atoms with Crippen LogP contribution in [0.2, 0.25) is 0 Å². The number of hydrogen-bond donors (Lipinski definition) is 5. The number of aromatic nitrogens is 1. The maximum Gasteiger partial charge on any atom is 0.416 e. The molecule has 0 aliphatic heterocycles. The van der Waals surface area contributed by atoms with Gasteiger partial charge in [-0.05, 0) is 24.0 Å². The Balaban J connectivity index is 2.10. The molecule has 0 unspecified atom stereocenters. The molecule has 188 valence electrons. The van der Waals surface area contributed by atoms with E-state index in [1.54, 1.807) is 0 Å². The second kappa shape index (κ2) is 10.1. The van der Waals surface area contributed by atoms with Gasteiger partial charge in [-0.2, -0.15) is 13.2 Å². The fourth-order valence-electron chi connectivity index (χ4n) is 3.49. The van der Waals surface area contributed by atoms with E-state index in [0.717, 1.165) is 31.0 Å². The maximum absolute atomic E-state index is 13.4. The quantitative estimate of drug-likeness (QED) is 0.353. The van der Waals surface area contributed by atoms with Gasteiger partial charge >= 0.3 is 12.1 Å². The highest BCUT2D eigenvalue weighted by atomic mass is 19.4. The molecule has 0 radical (unpaired) electrons. The molecule has 1 aliphatic rings. The highest BCUT2D eigenvalue weighted by Gasteiger charge is 2.35. The minimum Gasteiger partial charge on any atom is -0.506 e. The number of carbonyl (C=O) groups is 3. The zero-order valence-electron chi connectivity index (χ0n) is 18.2. The van der Waals surface area contributed by atoms with Crippen LogP contribution in [0.4, 0.5) is 13.2 Å². The number of amides is 2. The second-order valence-corrected chi connectivity index (χ2v) is 8.03. The van der Waals surface area contributed by atoms with Crippen molar-refractivity contribution in [2.45, 2.75) is 32.0 Å². The van der Waals surface area contributed by atoms with Gasteiger partial charge in [-0.3, -0.25) is 23.7 Å². The predicted octanol–water partition coefficient (Wildman–Crippen LogP) is 1.67. The van der Waals surface area contributed by atoms with Crippen LogP contribution in [0.1, 0.15) is 51.1 Å². The molecule has 1 aromatic carbocycles. The molecule has 1 fully saturated rings. The molecule has 1 saturated carbocycles. The SMILES string of the molecule is O=C(O)CNC(=O)c1c(O)c(C(=O)NCCC2CC2)c(O)n(Cc2ccccc2C(F)(F)F)c1=O. The van der Waals surface area contributed by atoms with Gasteiger partial charge in [0.15, 0.2) is 5.75 Å². The van der Waals surface area contributed by atoms with Crippen LogP contribution in [0.25, 0.3) is 0 Å². The number of halogens is 3. The first-order valence-corrected chi connectivity index (χ1v) is 10.5. The molecule has 10 nitrogen and oxygen atoms in total. The van der Waals surface area contributed by atoms with E-state index in [9.17, 15) is 42.6 Å². The van der Waals surface area contributed by atoms with Crippen LogP contribution >= 0.6 is 0 Å². The Morgan fingerprint density at radius 2 is 1.66 bits per heavy atom. The highest BCUT2D eigenvalue weighted by Crippen LogP contribution is 2.34. The summed E-state index contributed by atoms with van der Waals surface area (Å²) in [5.41, 5.74) is -4.99. The Labute approximate surface area is 196 Å². The Morgan fingerprint density at radius 1 is 1.03 bits per heavy atom. The van der Waals surface area contributed by atoms with E-state index in [-0.39, 0.29) is 6.54 Å². The molecule has 3 rings (SSSR count). The van der Waals surface area contributed by atoms with Gasteiger partial charge in [0.25, 0.3) is 17.4 Å². The lowest BCUT2D eigenvalue weighted by atomic mass is 10.1. The lowest BCUT2D eigenvalue weighted by molar-refractivity contribution is -0.138. The Hall–Kier alpha value is -4.03. The molecular formula is C22H22F3N3O7. The maximum atomic E-state index is 13.4. The molecule has 35 heavy (non-hydrogen) atoms. The second-order valence-electron chi connectivity index (χ2n) is 8.03. The molecule has 0 spiro atoms. The van der Waals surface area contributed by atoms with E-state index in [2.05, 4.69) is 5.32 Å². The third-order valence-corrected chi connectivity index (χ3v) is 5.45. The molecule has 2 amide bonds. The fraction of sp³-hybridized carbons (Fsp3) is 0.364. The van der Waals surface area contributed by atoms with Gasteiger partial charge in [0.2, 0.25) is 5.88 Å². The van der Waals surface area contributed by atoms with Crippen LogP contribution in [0, 0.1) is 5.92 Å². The van der Waals surface area contributed by atoms with E-state index >= 15 is 0 Å². The fourth-order valence-corrected chi connectivity index (χ4v) is 3.49. The number of carboxylic acids is 1. The van der Waals surface area contributed by atoms with Gasteiger partial charge in [-0.15, -0.1) is 0 Å². The summed E-state index contributed by atoms with van der Waals surface area (Å²) in [5.74, 6) is -5.88. The zero-order valence-corrected chi connectivity index (χ0v) is 18.2. The number of benzene rings is 1. The first-order valence-electron chi connectivity index (χ1n) is 10.5. The molecular weight excluding hydrogens is 475 g/mol. The number of pyridine rings is 1. The molecule has 1 heterocycles. The zero-order chi connectivity index (χ0) is 25.9. The third-order valence-electron chi connectivity index (χ3n) is 5.45. The summed E-state index contributed by atoms with van der Waals surface area (Å²) < 4.78 is 40.7. The number of hydrogen-bond acceptors (Lipinski definition) is 6. The molecule has 0 bridgehead atoms. The van der Waals surface area contributed by atoms with Gasteiger partial charge in [0, 0.05) is 6.54 Å². The summed E-state index contributed by atoms with van der Waals surface area (Å²) in [7, 11) is 0. The average molecular weight is 497 g/mol. The van der Waals surface area contributed by atoms with Gasteiger partial charge in [0.05, 0.1) is 12.1 Å². The molecule has 1 aliphatic carbocycles. The van der Waals surface area contributed by atoms with Gasteiger partial charge in [-0.25, -0.2) is 0 Å². The topological polar surface area (TPSA) is 158 Å². The van der Waals surface area contributed by atoms with Crippen LogP contribution < -0.4 is 16.2 Å². The Kier molecular flexibility index (Phi) is 7.37. The van der Waals surface area contributed by atoms with Crippen LogP contribution in [0.15, 0.2) is 29.1 Å². The number of nitrogens with zero attached hydrogens (tertiary/aromatic N) is 1. The Bertz CT molecular complexity index is 1220. The van der Waals surface area contributed by atoms with Crippen molar-refractivity contribution < 1.29 is 42.9 Å². The highest BCUT2D eigenvalue weighted by molar-refractivity contribution is 6.05. The van der Waals surface area contributed by atoms with Crippen molar-refractivity contribution in [3.63, 3.8) is 0 Å². The predicted molar refractivity (Wildman–Crippen MR) is 114 cm³/mol. The van der Waals surface area contributed by atoms with E-state index in [0.29, 0.717) is 16.9 Å². The normalized spacial score (nSPS) is 13.3. The summed E-state index contributed by atoms with van der Waals surface area (Å²) in [6.07, 6.45) is -2.22. The van der Waals surface area contributed by atoms with Crippen LogP contribution in [0.3, 0.4) is 0 Å². The van der Waals surface area contributed by atoms with Gasteiger partial charge < -0.3 is 26.0 Å². The minimum atomic E-state index is -4.81. The van der Waals surface area contributed by atoms with Crippen molar-refractivity contribution in [3.8, 4) is 11.6 Å². The van der Waals surface area contributed by atoms with E-state index in [4.69, 9.17) is 5.11 Å². The van der Waals surface area contributed by atoms with E-state index in [1.165, 1.54) is 6.07 Å². The van der Waals surface area contributed by atoms with Crippen molar-refractivity contribution >= 4 is 17.8 Å². The molecule has 2 aromatic rings. The van der Waals surface area contributed by atoms with Gasteiger partial charge in [-0.1, -0.05) is 31.0 Å². The monoisotopic (exact) mass is 497 g/mol. The van der Waals surface area contributed by atoms with Crippen LogP contribution in [0.5, 0.6) is 11.6 Å². The molecule has 0 saturated heterocycles. The lowest BCUT2D eigenvalue weighted by Gasteiger charge is -2.18. The largest absolute Gasteiger partial charge is 0.506 e. The van der Waals surface area contributed by atoms with E-state index < -0.39 is 76.5 Å². The number of rotatable bonds is 9. The number of carboxylic acid groups (broad SMARTS) is 1. The van der Waals surface area contributed by atoms with Gasteiger partial charge in [0.1, 0.15) is 17.7 Å². The summed E-state index contributed by atoms with van der Waals surface area (Å²) in [5, 5.41) is 34.2. The average Bonchev–Trinajstić information content (AvgIpc) is 3.59.